The van der Waals surface area contributed by atoms with Crippen molar-refractivity contribution < 1.29 is 0 Å². The minimum Gasteiger partial charge on any atom is -0.312 e. The van der Waals surface area contributed by atoms with Gasteiger partial charge in [0.1, 0.15) is 0 Å². The number of hydrogen-bond donors (Lipinski definition) is 1. The van der Waals surface area contributed by atoms with Crippen molar-refractivity contribution in [2.45, 2.75) is 44.4 Å². The highest BCUT2D eigenvalue weighted by Crippen LogP contribution is 2.33. The Morgan fingerprint density at radius 2 is 1.72 bits per heavy atom. The average Bonchev–Trinajstić information content (AvgIpc) is 2.49. The number of rotatable bonds is 2. The predicted molar refractivity (Wildman–Crippen MR) is 77.7 cm³/mol. The molecule has 1 aliphatic heterocycles. The van der Waals surface area contributed by atoms with Crippen LogP contribution in [0, 0.1) is 0 Å². The number of hydrogen-bond acceptors (Lipinski definition) is 1. The van der Waals surface area contributed by atoms with Gasteiger partial charge in [0.05, 0.1) is 0 Å². The lowest BCUT2D eigenvalue weighted by Crippen LogP contribution is -2.21. The molecule has 1 aromatic rings. The predicted octanol–water partition coefficient (Wildman–Crippen LogP) is 4.11. The molecule has 1 nitrogen and oxygen atoms in total. The molecule has 0 atom stereocenters. The fourth-order valence-corrected chi connectivity index (χ4v) is 3.27. The normalized spacial score (nSPS) is 21.7. The van der Waals surface area contributed by atoms with Crippen LogP contribution in [0.3, 0.4) is 0 Å². The Balaban J connectivity index is 1.73. The third-order valence-corrected chi connectivity index (χ3v) is 4.39. The number of benzene rings is 1. The molecule has 3 rings (SSSR count). The van der Waals surface area contributed by atoms with Crippen LogP contribution in [0.25, 0.3) is 5.57 Å². The van der Waals surface area contributed by atoms with Gasteiger partial charge in [-0.25, -0.2) is 0 Å². The van der Waals surface area contributed by atoms with E-state index in [1.165, 1.54) is 49.7 Å². The van der Waals surface area contributed by atoms with Crippen molar-refractivity contribution in [1.82, 2.24) is 5.32 Å². The van der Waals surface area contributed by atoms with Crippen molar-refractivity contribution in [3.8, 4) is 0 Å². The monoisotopic (exact) mass is 241 g/mol. The maximum Gasteiger partial charge on any atom is 0.0208 e. The van der Waals surface area contributed by atoms with Crippen LogP contribution in [-0.4, -0.2) is 13.1 Å². The summed E-state index contributed by atoms with van der Waals surface area (Å²) in [6.07, 6.45) is 10.6. The summed E-state index contributed by atoms with van der Waals surface area (Å²) in [4.78, 5) is 0. The Bertz CT molecular complexity index is 410. The van der Waals surface area contributed by atoms with Gasteiger partial charge in [0.2, 0.25) is 0 Å². The van der Waals surface area contributed by atoms with E-state index in [9.17, 15) is 0 Å². The van der Waals surface area contributed by atoms with E-state index in [0.717, 1.165) is 19.0 Å². The van der Waals surface area contributed by atoms with Gasteiger partial charge in [-0.3, -0.25) is 0 Å². The standard InChI is InChI=1S/C17H23N/c1-2-5-14(6-3-1)15-8-10-16(11-9-15)17-7-4-12-18-13-17/h7-11,14,18H,1-6,12-13H2. The van der Waals surface area contributed by atoms with Crippen LogP contribution < -0.4 is 5.32 Å². The van der Waals surface area contributed by atoms with E-state index in [1.807, 2.05) is 0 Å². The highest BCUT2D eigenvalue weighted by atomic mass is 14.9. The van der Waals surface area contributed by atoms with Crippen LogP contribution in [-0.2, 0) is 0 Å². The second-order valence-corrected chi connectivity index (χ2v) is 5.65. The molecule has 0 amide bonds. The molecule has 0 radical (unpaired) electrons. The minimum atomic E-state index is 0.825. The van der Waals surface area contributed by atoms with Crippen molar-refractivity contribution in [3.63, 3.8) is 0 Å². The fourth-order valence-electron chi connectivity index (χ4n) is 3.27. The first-order valence-corrected chi connectivity index (χ1v) is 7.43. The van der Waals surface area contributed by atoms with Gasteiger partial charge in [-0.15, -0.1) is 0 Å². The third-order valence-electron chi connectivity index (χ3n) is 4.39. The molecule has 0 unspecified atom stereocenters. The van der Waals surface area contributed by atoms with Gasteiger partial charge in [0.15, 0.2) is 0 Å². The SMILES string of the molecule is C1=C(c2ccc(C3CCCCC3)cc2)CNCC1. The molecule has 1 fully saturated rings. The Hall–Kier alpha value is -1.08. The van der Waals surface area contributed by atoms with Gasteiger partial charge in [0.25, 0.3) is 0 Å². The zero-order valence-corrected chi connectivity index (χ0v) is 11.1. The van der Waals surface area contributed by atoms with E-state index >= 15 is 0 Å². The molecule has 1 aromatic carbocycles. The van der Waals surface area contributed by atoms with Crippen molar-refractivity contribution in [1.29, 1.82) is 0 Å². The van der Waals surface area contributed by atoms with Crippen LogP contribution in [0.2, 0.25) is 0 Å². The highest BCUT2D eigenvalue weighted by molar-refractivity contribution is 5.67. The van der Waals surface area contributed by atoms with Crippen molar-refractivity contribution in [2.24, 2.45) is 0 Å². The Morgan fingerprint density at radius 3 is 2.39 bits per heavy atom. The van der Waals surface area contributed by atoms with Gasteiger partial charge in [-0.05, 0) is 48.4 Å². The minimum absolute atomic E-state index is 0.825. The molecule has 2 aliphatic rings. The van der Waals surface area contributed by atoms with E-state index in [1.54, 1.807) is 5.56 Å². The molecule has 1 heterocycles. The molecule has 1 heteroatoms. The van der Waals surface area contributed by atoms with Crippen molar-refractivity contribution in [3.05, 3.63) is 41.5 Å². The maximum absolute atomic E-state index is 3.44. The third kappa shape index (κ3) is 2.67. The number of nitrogens with one attached hydrogen (secondary N) is 1. The molecule has 0 spiro atoms. The summed E-state index contributed by atoms with van der Waals surface area (Å²) < 4.78 is 0. The van der Waals surface area contributed by atoms with Gasteiger partial charge in [-0.1, -0.05) is 49.6 Å². The summed E-state index contributed by atoms with van der Waals surface area (Å²) in [5.74, 6) is 0.825. The first kappa shape index (κ1) is 12.0. The fraction of sp³-hybridized carbons (Fsp3) is 0.529. The highest BCUT2D eigenvalue weighted by Gasteiger charge is 2.15. The van der Waals surface area contributed by atoms with Crippen molar-refractivity contribution >= 4 is 5.57 Å². The zero-order valence-electron chi connectivity index (χ0n) is 11.1. The lowest BCUT2D eigenvalue weighted by molar-refractivity contribution is 0.443. The molecule has 1 aliphatic carbocycles. The summed E-state index contributed by atoms with van der Waals surface area (Å²) in [5.41, 5.74) is 4.43. The molecule has 96 valence electrons. The summed E-state index contributed by atoms with van der Waals surface area (Å²) in [6, 6.07) is 9.37. The second-order valence-electron chi connectivity index (χ2n) is 5.65. The second kappa shape index (κ2) is 5.71. The molecule has 0 saturated heterocycles. The van der Waals surface area contributed by atoms with Gasteiger partial charge in [0, 0.05) is 6.54 Å². The van der Waals surface area contributed by atoms with Crippen LogP contribution in [0.5, 0.6) is 0 Å². The molecule has 1 N–H and O–H groups in total. The van der Waals surface area contributed by atoms with E-state index in [2.05, 4.69) is 35.7 Å². The molecular weight excluding hydrogens is 218 g/mol. The van der Waals surface area contributed by atoms with Crippen LogP contribution >= 0.6 is 0 Å². The lowest BCUT2D eigenvalue weighted by atomic mass is 9.83. The van der Waals surface area contributed by atoms with Gasteiger partial charge in [-0.2, -0.15) is 0 Å². The van der Waals surface area contributed by atoms with Crippen LogP contribution in [0.15, 0.2) is 30.3 Å². The molecule has 0 aromatic heterocycles. The first-order valence-electron chi connectivity index (χ1n) is 7.43. The topological polar surface area (TPSA) is 12.0 Å². The Labute approximate surface area is 110 Å². The lowest BCUT2D eigenvalue weighted by Gasteiger charge is -2.22. The van der Waals surface area contributed by atoms with E-state index < -0.39 is 0 Å². The summed E-state index contributed by atoms with van der Waals surface area (Å²) in [6.45, 7) is 2.16. The van der Waals surface area contributed by atoms with E-state index in [4.69, 9.17) is 0 Å². The van der Waals surface area contributed by atoms with E-state index in [0.29, 0.717) is 0 Å². The average molecular weight is 241 g/mol. The smallest absolute Gasteiger partial charge is 0.0208 e. The molecule has 0 bridgehead atoms. The Morgan fingerprint density at radius 1 is 0.944 bits per heavy atom. The van der Waals surface area contributed by atoms with E-state index in [-0.39, 0.29) is 0 Å². The summed E-state index contributed by atoms with van der Waals surface area (Å²) >= 11 is 0. The zero-order chi connectivity index (χ0) is 12.2. The summed E-state index contributed by atoms with van der Waals surface area (Å²) in [5, 5.41) is 3.44. The van der Waals surface area contributed by atoms with Crippen LogP contribution in [0.1, 0.15) is 55.6 Å². The largest absolute Gasteiger partial charge is 0.312 e. The maximum atomic E-state index is 3.44. The van der Waals surface area contributed by atoms with Gasteiger partial charge >= 0.3 is 0 Å². The van der Waals surface area contributed by atoms with Crippen molar-refractivity contribution in [2.75, 3.05) is 13.1 Å². The Kier molecular flexibility index (Phi) is 3.80. The molecule has 18 heavy (non-hydrogen) atoms. The van der Waals surface area contributed by atoms with Crippen LogP contribution in [0.4, 0.5) is 0 Å². The van der Waals surface area contributed by atoms with Gasteiger partial charge < -0.3 is 5.32 Å². The molecule has 1 saturated carbocycles. The first-order chi connectivity index (χ1) is 8.93. The summed E-state index contributed by atoms with van der Waals surface area (Å²) in [7, 11) is 0. The molecular formula is C17H23N. The quantitative estimate of drug-likeness (QED) is 0.821.